The van der Waals surface area contributed by atoms with Gasteiger partial charge in [0.15, 0.2) is 0 Å². The number of benzene rings is 1. The van der Waals surface area contributed by atoms with E-state index in [2.05, 4.69) is 43.1 Å². The monoisotopic (exact) mass is 243 g/mol. The van der Waals surface area contributed by atoms with Crippen LogP contribution in [0.5, 0.6) is 0 Å². The molecule has 1 heteroatoms. The van der Waals surface area contributed by atoms with E-state index in [1.807, 2.05) is 18.2 Å². The highest BCUT2D eigenvalue weighted by Gasteiger charge is 1.95. The van der Waals surface area contributed by atoms with Gasteiger partial charge in [-0.05, 0) is 25.5 Å². The molecule has 0 saturated carbocycles. The predicted molar refractivity (Wildman–Crippen MR) is 80.7 cm³/mol. The molecule has 1 aromatic carbocycles. The molecular weight excluding hydrogens is 218 g/mol. The smallest absolute Gasteiger partial charge is 0.0848 e. The normalized spacial score (nSPS) is 11.4. The van der Waals surface area contributed by atoms with Crippen LogP contribution in [-0.4, -0.2) is 6.04 Å². The third kappa shape index (κ3) is 7.01. The molecule has 0 aliphatic carbocycles. The van der Waals surface area contributed by atoms with Gasteiger partial charge in [-0.3, -0.25) is 0 Å². The molecule has 1 unspecified atom stereocenters. The van der Waals surface area contributed by atoms with Gasteiger partial charge in [0.1, 0.15) is 0 Å². The first-order valence-corrected chi connectivity index (χ1v) is 7.13. The van der Waals surface area contributed by atoms with Gasteiger partial charge in [-0.25, -0.2) is 0 Å². The third-order valence-electron chi connectivity index (χ3n) is 2.88. The lowest BCUT2D eigenvalue weighted by Gasteiger charge is -2.08. The highest BCUT2D eigenvalue weighted by atomic mass is 14.9. The summed E-state index contributed by atoms with van der Waals surface area (Å²) in [7, 11) is 0. The SMILES string of the molecule is CCCCCCCC#CC(C)Nc1ccccc1. The molecule has 0 heterocycles. The van der Waals surface area contributed by atoms with Crippen molar-refractivity contribution in [3.8, 4) is 11.8 Å². The number of anilines is 1. The number of unbranched alkanes of at least 4 members (excludes halogenated alkanes) is 5. The van der Waals surface area contributed by atoms with E-state index < -0.39 is 0 Å². The molecule has 18 heavy (non-hydrogen) atoms. The predicted octanol–water partition coefficient (Wildman–Crippen LogP) is 4.85. The van der Waals surface area contributed by atoms with Crippen LogP contribution in [-0.2, 0) is 0 Å². The second kappa shape index (κ2) is 9.59. The molecule has 0 spiro atoms. The van der Waals surface area contributed by atoms with E-state index in [0.29, 0.717) is 0 Å². The first-order valence-electron chi connectivity index (χ1n) is 7.13. The number of rotatable bonds is 7. The lowest BCUT2D eigenvalue weighted by molar-refractivity contribution is 0.641. The molecule has 98 valence electrons. The zero-order valence-corrected chi connectivity index (χ0v) is 11.7. The summed E-state index contributed by atoms with van der Waals surface area (Å²) in [6.07, 6.45) is 7.62. The van der Waals surface area contributed by atoms with Crippen molar-refractivity contribution in [3.63, 3.8) is 0 Å². The zero-order chi connectivity index (χ0) is 13.1. The van der Waals surface area contributed by atoms with Gasteiger partial charge in [0.2, 0.25) is 0 Å². The molecule has 0 aliphatic rings. The summed E-state index contributed by atoms with van der Waals surface area (Å²) in [5.41, 5.74) is 1.14. The molecular formula is C17H25N. The van der Waals surface area contributed by atoms with Gasteiger partial charge in [0.25, 0.3) is 0 Å². The number of hydrogen-bond acceptors (Lipinski definition) is 1. The van der Waals surface area contributed by atoms with Crippen LogP contribution in [0.25, 0.3) is 0 Å². The maximum Gasteiger partial charge on any atom is 0.0848 e. The third-order valence-corrected chi connectivity index (χ3v) is 2.88. The summed E-state index contributed by atoms with van der Waals surface area (Å²) in [5.74, 6) is 6.53. The molecule has 0 aromatic heterocycles. The minimum atomic E-state index is 0.225. The molecule has 0 saturated heterocycles. The maximum absolute atomic E-state index is 3.38. The van der Waals surface area contributed by atoms with Crippen molar-refractivity contribution in [2.75, 3.05) is 5.32 Å². The van der Waals surface area contributed by atoms with Crippen LogP contribution in [0.4, 0.5) is 5.69 Å². The van der Waals surface area contributed by atoms with E-state index >= 15 is 0 Å². The van der Waals surface area contributed by atoms with E-state index in [4.69, 9.17) is 0 Å². The van der Waals surface area contributed by atoms with Gasteiger partial charge >= 0.3 is 0 Å². The summed E-state index contributed by atoms with van der Waals surface area (Å²) < 4.78 is 0. The fourth-order valence-corrected chi connectivity index (χ4v) is 1.86. The van der Waals surface area contributed by atoms with E-state index in [1.165, 1.54) is 32.1 Å². The van der Waals surface area contributed by atoms with E-state index in [0.717, 1.165) is 12.1 Å². The van der Waals surface area contributed by atoms with Crippen molar-refractivity contribution in [2.24, 2.45) is 0 Å². The fraction of sp³-hybridized carbons (Fsp3) is 0.529. The molecule has 1 atom stereocenters. The molecule has 1 aromatic rings. The Balaban J connectivity index is 2.14. The highest BCUT2D eigenvalue weighted by Crippen LogP contribution is 2.07. The summed E-state index contributed by atoms with van der Waals surface area (Å²) in [6, 6.07) is 10.5. The topological polar surface area (TPSA) is 12.0 Å². The van der Waals surface area contributed by atoms with Crippen LogP contribution in [0, 0.1) is 11.8 Å². The summed E-state index contributed by atoms with van der Waals surface area (Å²) in [5, 5.41) is 3.38. The van der Waals surface area contributed by atoms with Crippen molar-refractivity contribution >= 4 is 5.69 Å². The summed E-state index contributed by atoms with van der Waals surface area (Å²) in [6.45, 7) is 4.35. The van der Waals surface area contributed by atoms with Crippen LogP contribution < -0.4 is 5.32 Å². The van der Waals surface area contributed by atoms with E-state index in [9.17, 15) is 0 Å². The summed E-state index contributed by atoms with van der Waals surface area (Å²) in [4.78, 5) is 0. The van der Waals surface area contributed by atoms with Crippen molar-refractivity contribution < 1.29 is 0 Å². The zero-order valence-electron chi connectivity index (χ0n) is 11.7. The van der Waals surface area contributed by atoms with Gasteiger partial charge in [-0.15, -0.1) is 5.92 Å². The molecule has 0 fully saturated rings. The van der Waals surface area contributed by atoms with Crippen LogP contribution in [0.15, 0.2) is 30.3 Å². The van der Waals surface area contributed by atoms with Crippen molar-refractivity contribution in [2.45, 2.75) is 58.4 Å². The Hall–Kier alpha value is -1.42. The fourth-order valence-electron chi connectivity index (χ4n) is 1.86. The average molecular weight is 243 g/mol. The molecule has 1 rings (SSSR count). The molecule has 0 radical (unpaired) electrons. The second-order valence-corrected chi connectivity index (χ2v) is 4.72. The van der Waals surface area contributed by atoms with Crippen molar-refractivity contribution in [1.82, 2.24) is 0 Å². The second-order valence-electron chi connectivity index (χ2n) is 4.72. The largest absolute Gasteiger partial charge is 0.372 e. The van der Waals surface area contributed by atoms with E-state index in [1.54, 1.807) is 0 Å². The Kier molecular flexibility index (Phi) is 7.80. The Morgan fingerprint density at radius 3 is 2.50 bits per heavy atom. The van der Waals surface area contributed by atoms with Crippen LogP contribution in [0.1, 0.15) is 52.4 Å². The van der Waals surface area contributed by atoms with Crippen molar-refractivity contribution in [1.29, 1.82) is 0 Å². The standard InChI is InChI=1S/C17H25N/c1-3-4-5-6-7-8-10-13-16(2)18-17-14-11-9-12-15-17/h9,11-12,14-16,18H,3-8H2,1-2H3. The molecule has 0 aliphatic heterocycles. The molecule has 0 bridgehead atoms. The maximum atomic E-state index is 3.38. The molecule has 0 amide bonds. The minimum absolute atomic E-state index is 0.225. The Morgan fingerprint density at radius 2 is 1.78 bits per heavy atom. The van der Waals surface area contributed by atoms with Gasteiger partial charge in [0.05, 0.1) is 6.04 Å². The van der Waals surface area contributed by atoms with Gasteiger partial charge in [-0.1, -0.05) is 56.7 Å². The Morgan fingerprint density at radius 1 is 1.06 bits per heavy atom. The number of para-hydroxylation sites is 1. The van der Waals surface area contributed by atoms with E-state index in [-0.39, 0.29) is 6.04 Å². The van der Waals surface area contributed by atoms with Crippen molar-refractivity contribution in [3.05, 3.63) is 30.3 Å². The summed E-state index contributed by atoms with van der Waals surface area (Å²) >= 11 is 0. The van der Waals surface area contributed by atoms with Crippen LogP contribution in [0.3, 0.4) is 0 Å². The highest BCUT2D eigenvalue weighted by molar-refractivity contribution is 5.44. The lowest BCUT2D eigenvalue weighted by atomic mass is 10.1. The number of hydrogen-bond donors (Lipinski definition) is 1. The van der Waals surface area contributed by atoms with Gasteiger partial charge in [-0.2, -0.15) is 0 Å². The van der Waals surface area contributed by atoms with Crippen LogP contribution in [0.2, 0.25) is 0 Å². The average Bonchev–Trinajstić information content (AvgIpc) is 2.39. The first-order chi connectivity index (χ1) is 8.83. The minimum Gasteiger partial charge on any atom is -0.372 e. The molecule has 1 nitrogen and oxygen atoms in total. The van der Waals surface area contributed by atoms with Crippen LogP contribution >= 0.6 is 0 Å². The van der Waals surface area contributed by atoms with Gasteiger partial charge in [0, 0.05) is 12.1 Å². The molecule has 1 N–H and O–H groups in total. The quantitative estimate of drug-likeness (QED) is 0.533. The Bertz CT molecular complexity index is 358. The number of nitrogens with one attached hydrogen (secondary N) is 1. The Labute approximate surface area is 112 Å². The van der Waals surface area contributed by atoms with Gasteiger partial charge < -0.3 is 5.32 Å². The first kappa shape index (κ1) is 14.6. The lowest BCUT2D eigenvalue weighted by Crippen LogP contribution is -2.11.